The minimum Gasteiger partial charge on any atom is -0.488 e. The predicted molar refractivity (Wildman–Crippen MR) is 96.0 cm³/mol. The van der Waals surface area contributed by atoms with Gasteiger partial charge in [-0.25, -0.2) is 4.79 Å². The van der Waals surface area contributed by atoms with E-state index in [-0.39, 0.29) is 23.6 Å². The number of nitrogens with zero attached hydrogens (tertiary/aromatic N) is 4. The van der Waals surface area contributed by atoms with Crippen molar-refractivity contribution in [3.63, 3.8) is 0 Å². The zero-order chi connectivity index (χ0) is 19.6. The molecule has 0 amide bonds. The van der Waals surface area contributed by atoms with E-state index >= 15 is 0 Å². The molecule has 142 valence electrons. The number of ether oxygens (including phenoxy) is 2. The topological polar surface area (TPSA) is 71.2 Å². The van der Waals surface area contributed by atoms with Crippen molar-refractivity contribution in [1.82, 2.24) is 19.8 Å². The number of aromatic nitrogens is 4. The first kappa shape index (κ1) is 18.9. The van der Waals surface area contributed by atoms with E-state index in [4.69, 9.17) is 4.74 Å². The number of benzene rings is 2. The van der Waals surface area contributed by atoms with Crippen molar-refractivity contribution in [3.8, 4) is 17.2 Å². The van der Waals surface area contributed by atoms with Gasteiger partial charge in [-0.15, -0.1) is 12.6 Å². The standard InChI is InChI=1S/C17H16F2N4O3S/c1-10-8-11(27)6-7-14(10)25-9-12-13(23-17(24)22(2)20-21-23)4-3-5-15(12)26-16(18)19/h3-8,16,27H,9H2,1-2H3. The predicted octanol–water partition coefficient (Wildman–Crippen LogP) is 2.74. The van der Waals surface area contributed by atoms with Crippen LogP contribution < -0.4 is 15.2 Å². The average Bonchev–Trinajstić information content (AvgIpc) is 2.93. The molecule has 0 bridgehead atoms. The van der Waals surface area contributed by atoms with Gasteiger partial charge in [-0.05, 0) is 53.2 Å². The molecule has 3 rings (SSSR count). The van der Waals surface area contributed by atoms with Crippen LogP contribution in [0.3, 0.4) is 0 Å². The summed E-state index contributed by atoms with van der Waals surface area (Å²) in [4.78, 5) is 13.0. The fraction of sp³-hybridized carbons (Fsp3) is 0.235. The number of alkyl halides is 2. The Morgan fingerprint density at radius 3 is 2.59 bits per heavy atom. The van der Waals surface area contributed by atoms with Gasteiger partial charge in [0.25, 0.3) is 0 Å². The second-order valence-corrected chi connectivity index (χ2v) is 6.18. The first-order valence-electron chi connectivity index (χ1n) is 7.85. The minimum absolute atomic E-state index is 0.108. The molecule has 1 aromatic heterocycles. The molecule has 0 unspecified atom stereocenters. The molecule has 0 fully saturated rings. The van der Waals surface area contributed by atoms with Crippen LogP contribution in [0.15, 0.2) is 46.1 Å². The molecule has 0 atom stereocenters. The lowest BCUT2D eigenvalue weighted by Gasteiger charge is -2.16. The third-order valence-corrected chi connectivity index (χ3v) is 4.08. The van der Waals surface area contributed by atoms with Crippen molar-refractivity contribution in [1.29, 1.82) is 0 Å². The van der Waals surface area contributed by atoms with Gasteiger partial charge >= 0.3 is 12.3 Å². The van der Waals surface area contributed by atoms with Crippen molar-refractivity contribution in [2.45, 2.75) is 25.0 Å². The molecule has 2 aromatic carbocycles. The van der Waals surface area contributed by atoms with Crippen LogP contribution in [0.2, 0.25) is 0 Å². The molecule has 1 heterocycles. The van der Waals surface area contributed by atoms with E-state index in [0.717, 1.165) is 19.8 Å². The Bertz CT molecular complexity index is 1020. The molecule has 0 radical (unpaired) electrons. The van der Waals surface area contributed by atoms with Gasteiger partial charge in [0.2, 0.25) is 0 Å². The van der Waals surface area contributed by atoms with Crippen LogP contribution in [-0.4, -0.2) is 26.4 Å². The Hall–Kier alpha value is -2.88. The van der Waals surface area contributed by atoms with Crippen molar-refractivity contribution in [3.05, 3.63) is 58.0 Å². The van der Waals surface area contributed by atoms with E-state index in [1.807, 2.05) is 13.0 Å². The molecule has 0 spiro atoms. The second kappa shape index (κ2) is 7.78. The van der Waals surface area contributed by atoms with Gasteiger partial charge in [0.15, 0.2) is 0 Å². The zero-order valence-electron chi connectivity index (χ0n) is 14.5. The SMILES string of the molecule is Cc1cc(S)ccc1OCc1c(OC(F)F)cccc1-n1nnn(C)c1=O. The van der Waals surface area contributed by atoms with Gasteiger partial charge in [-0.2, -0.15) is 18.1 Å². The number of rotatable bonds is 6. The van der Waals surface area contributed by atoms with Crippen LogP contribution in [0, 0.1) is 6.92 Å². The number of thiol groups is 1. The molecule has 3 aromatic rings. The van der Waals surface area contributed by atoms with Crippen LogP contribution >= 0.6 is 12.6 Å². The smallest absolute Gasteiger partial charge is 0.387 e. The normalized spacial score (nSPS) is 11.0. The minimum atomic E-state index is -3.03. The lowest BCUT2D eigenvalue weighted by Crippen LogP contribution is -2.23. The van der Waals surface area contributed by atoms with Gasteiger partial charge in [0.1, 0.15) is 18.1 Å². The first-order chi connectivity index (χ1) is 12.9. The Balaban J connectivity index is 2.02. The van der Waals surface area contributed by atoms with E-state index in [2.05, 4.69) is 27.8 Å². The number of aryl methyl sites for hydroxylation is 2. The molecule has 0 aliphatic heterocycles. The molecular weight excluding hydrogens is 378 g/mol. The molecule has 7 nitrogen and oxygen atoms in total. The number of tetrazole rings is 1. The summed E-state index contributed by atoms with van der Waals surface area (Å²) in [5.74, 6) is 0.445. The molecule has 0 aliphatic carbocycles. The van der Waals surface area contributed by atoms with Gasteiger partial charge in [-0.3, -0.25) is 0 Å². The fourth-order valence-corrected chi connectivity index (χ4v) is 2.78. The highest BCUT2D eigenvalue weighted by Crippen LogP contribution is 2.29. The third-order valence-electron chi connectivity index (χ3n) is 3.80. The van der Waals surface area contributed by atoms with Crippen LogP contribution in [-0.2, 0) is 13.7 Å². The van der Waals surface area contributed by atoms with E-state index in [0.29, 0.717) is 5.75 Å². The Labute approximate surface area is 158 Å². The summed E-state index contributed by atoms with van der Waals surface area (Å²) in [5, 5.41) is 7.40. The Kier molecular flexibility index (Phi) is 5.45. The summed E-state index contributed by atoms with van der Waals surface area (Å²) in [7, 11) is 1.43. The van der Waals surface area contributed by atoms with Crippen LogP contribution in [0.25, 0.3) is 5.69 Å². The number of hydrogen-bond donors (Lipinski definition) is 1. The second-order valence-electron chi connectivity index (χ2n) is 5.67. The average molecular weight is 394 g/mol. The van der Waals surface area contributed by atoms with E-state index in [9.17, 15) is 13.6 Å². The highest BCUT2D eigenvalue weighted by molar-refractivity contribution is 7.80. The summed E-state index contributed by atoms with van der Waals surface area (Å²) < 4.78 is 38.0. The van der Waals surface area contributed by atoms with Gasteiger partial charge < -0.3 is 9.47 Å². The van der Waals surface area contributed by atoms with Crippen LogP contribution in [0.5, 0.6) is 11.5 Å². The highest BCUT2D eigenvalue weighted by atomic mass is 32.1. The Morgan fingerprint density at radius 1 is 1.19 bits per heavy atom. The van der Waals surface area contributed by atoms with Crippen LogP contribution in [0.1, 0.15) is 11.1 Å². The summed E-state index contributed by atoms with van der Waals surface area (Å²) in [6.45, 7) is -1.30. The fourth-order valence-electron chi connectivity index (χ4n) is 2.51. The summed E-state index contributed by atoms with van der Waals surface area (Å²) in [6.07, 6.45) is 0. The van der Waals surface area contributed by atoms with Gasteiger partial charge in [0.05, 0.1) is 11.3 Å². The summed E-state index contributed by atoms with van der Waals surface area (Å²) in [6, 6.07) is 9.70. The maximum Gasteiger partial charge on any atom is 0.387 e. The van der Waals surface area contributed by atoms with Gasteiger partial charge in [0, 0.05) is 11.9 Å². The maximum absolute atomic E-state index is 12.8. The lowest BCUT2D eigenvalue weighted by atomic mass is 10.1. The molecule has 0 aliphatic rings. The van der Waals surface area contributed by atoms with Crippen molar-refractivity contribution < 1.29 is 18.3 Å². The van der Waals surface area contributed by atoms with Crippen LogP contribution in [0.4, 0.5) is 8.78 Å². The molecule has 27 heavy (non-hydrogen) atoms. The summed E-state index contributed by atoms with van der Waals surface area (Å²) >= 11 is 4.26. The largest absolute Gasteiger partial charge is 0.488 e. The molecular formula is C17H16F2N4O3S. The summed E-state index contributed by atoms with van der Waals surface area (Å²) in [5.41, 5.74) is 0.790. The van der Waals surface area contributed by atoms with E-state index in [1.54, 1.807) is 18.2 Å². The Morgan fingerprint density at radius 2 is 1.96 bits per heavy atom. The maximum atomic E-state index is 12.8. The molecule has 0 N–H and O–H groups in total. The highest BCUT2D eigenvalue weighted by Gasteiger charge is 2.18. The molecule has 10 heteroatoms. The molecule has 0 saturated carbocycles. The monoisotopic (exact) mass is 394 g/mol. The first-order valence-corrected chi connectivity index (χ1v) is 8.30. The quantitative estimate of drug-likeness (QED) is 0.651. The van der Waals surface area contributed by atoms with Gasteiger partial charge in [-0.1, -0.05) is 6.07 Å². The molecule has 0 saturated heterocycles. The number of hydrogen-bond acceptors (Lipinski definition) is 6. The van der Waals surface area contributed by atoms with Crippen molar-refractivity contribution in [2.75, 3.05) is 0 Å². The van der Waals surface area contributed by atoms with Crippen molar-refractivity contribution in [2.24, 2.45) is 7.05 Å². The van der Waals surface area contributed by atoms with Crippen molar-refractivity contribution >= 4 is 12.6 Å². The number of halogens is 2. The zero-order valence-corrected chi connectivity index (χ0v) is 15.4. The third kappa shape index (κ3) is 4.11. The van der Waals surface area contributed by atoms with E-state index < -0.39 is 12.3 Å². The van der Waals surface area contributed by atoms with E-state index in [1.165, 1.54) is 19.2 Å². The lowest BCUT2D eigenvalue weighted by molar-refractivity contribution is -0.0508.